The molecular formula is C18H22O. The Morgan fingerprint density at radius 2 is 1.63 bits per heavy atom. The number of aryl methyl sites for hydroxylation is 3. The summed E-state index contributed by atoms with van der Waals surface area (Å²) in [4.78, 5) is 0. The minimum absolute atomic E-state index is 0.423. The Bertz CT molecular complexity index is 537. The summed E-state index contributed by atoms with van der Waals surface area (Å²) in [7, 11) is 0. The third kappa shape index (κ3) is 3.68. The fourth-order valence-electron chi connectivity index (χ4n) is 2.55. The van der Waals surface area contributed by atoms with Gasteiger partial charge < -0.3 is 5.11 Å². The molecule has 0 bridgehead atoms. The molecule has 0 saturated heterocycles. The van der Waals surface area contributed by atoms with Crippen LogP contribution in [0.25, 0.3) is 0 Å². The highest BCUT2D eigenvalue weighted by atomic mass is 16.3. The van der Waals surface area contributed by atoms with Crippen molar-refractivity contribution in [1.29, 1.82) is 0 Å². The fourth-order valence-corrected chi connectivity index (χ4v) is 2.55. The van der Waals surface area contributed by atoms with E-state index in [1.807, 2.05) is 12.1 Å². The first kappa shape index (κ1) is 13.8. The predicted octanol–water partition coefficient (Wildman–Crippen LogP) is 4.14. The van der Waals surface area contributed by atoms with Crippen LogP contribution in [-0.2, 0) is 12.8 Å². The van der Waals surface area contributed by atoms with Gasteiger partial charge in [0, 0.05) is 6.42 Å². The molecule has 0 saturated carbocycles. The standard InChI is InChI=1S/C18H22O/c1-4-15-6-5-7-17(11-15)18(19)12-16-9-13(2)8-14(3)10-16/h5-11,18-19H,4,12H2,1-3H3. The van der Waals surface area contributed by atoms with Crippen molar-refractivity contribution in [2.75, 3.05) is 0 Å². The predicted molar refractivity (Wildman–Crippen MR) is 80.4 cm³/mol. The summed E-state index contributed by atoms with van der Waals surface area (Å²) in [6.45, 7) is 6.33. The average molecular weight is 254 g/mol. The lowest BCUT2D eigenvalue weighted by atomic mass is 9.97. The largest absolute Gasteiger partial charge is 0.388 e. The number of hydrogen-bond donors (Lipinski definition) is 1. The molecule has 0 heterocycles. The van der Waals surface area contributed by atoms with E-state index in [2.05, 4.69) is 51.1 Å². The molecule has 1 nitrogen and oxygen atoms in total. The van der Waals surface area contributed by atoms with Crippen LogP contribution < -0.4 is 0 Å². The summed E-state index contributed by atoms with van der Waals surface area (Å²) >= 11 is 0. The summed E-state index contributed by atoms with van der Waals surface area (Å²) in [5.74, 6) is 0. The van der Waals surface area contributed by atoms with E-state index in [1.54, 1.807) is 0 Å². The molecule has 2 rings (SSSR count). The van der Waals surface area contributed by atoms with Crippen LogP contribution in [0.3, 0.4) is 0 Å². The van der Waals surface area contributed by atoms with Gasteiger partial charge in [-0.25, -0.2) is 0 Å². The number of rotatable bonds is 4. The first-order valence-electron chi connectivity index (χ1n) is 6.92. The molecule has 2 aromatic carbocycles. The van der Waals surface area contributed by atoms with E-state index in [-0.39, 0.29) is 0 Å². The second kappa shape index (κ2) is 6.03. The molecule has 0 spiro atoms. The van der Waals surface area contributed by atoms with E-state index in [1.165, 1.54) is 22.3 Å². The maximum Gasteiger partial charge on any atom is 0.0830 e. The minimum Gasteiger partial charge on any atom is -0.388 e. The molecule has 1 heteroatoms. The Morgan fingerprint density at radius 3 is 2.26 bits per heavy atom. The molecule has 19 heavy (non-hydrogen) atoms. The fraction of sp³-hybridized carbons (Fsp3) is 0.333. The van der Waals surface area contributed by atoms with Gasteiger partial charge in [0.15, 0.2) is 0 Å². The third-order valence-electron chi connectivity index (χ3n) is 3.45. The van der Waals surface area contributed by atoms with Gasteiger partial charge in [0.05, 0.1) is 6.10 Å². The van der Waals surface area contributed by atoms with Crippen molar-refractivity contribution in [3.63, 3.8) is 0 Å². The van der Waals surface area contributed by atoms with E-state index in [0.717, 1.165) is 12.0 Å². The van der Waals surface area contributed by atoms with Gasteiger partial charge >= 0.3 is 0 Å². The zero-order valence-electron chi connectivity index (χ0n) is 12.0. The van der Waals surface area contributed by atoms with E-state index >= 15 is 0 Å². The van der Waals surface area contributed by atoms with Gasteiger partial charge in [-0.2, -0.15) is 0 Å². The molecule has 0 amide bonds. The summed E-state index contributed by atoms with van der Waals surface area (Å²) in [6.07, 6.45) is 1.26. The lowest BCUT2D eigenvalue weighted by molar-refractivity contribution is 0.178. The molecule has 1 unspecified atom stereocenters. The van der Waals surface area contributed by atoms with Crippen molar-refractivity contribution in [1.82, 2.24) is 0 Å². The van der Waals surface area contributed by atoms with Crippen LogP contribution in [0, 0.1) is 13.8 Å². The van der Waals surface area contributed by atoms with Gasteiger partial charge in [-0.05, 0) is 37.0 Å². The van der Waals surface area contributed by atoms with E-state index in [4.69, 9.17) is 0 Å². The second-order valence-corrected chi connectivity index (χ2v) is 5.31. The smallest absolute Gasteiger partial charge is 0.0830 e. The summed E-state index contributed by atoms with van der Waals surface area (Å²) in [5, 5.41) is 10.4. The number of aliphatic hydroxyl groups is 1. The lowest BCUT2D eigenvalue weighted by Gasteiger charge is -2.13. The van der Waals surface area contributed by atoms with Crippen LogP contribution >= 0.6 is 0 Å². The van der Waals surface area contributed by atoms with Crippen LogP contribution in [0.2, 0.25) is 0 Å². The molecule has 0 aliphatic heterocycles. The van der Waals surface area contributed by atoms with Gasteiger partial charge in [0.1, 0.15) is 0 Å². The Morgan fingerprint density at radius 1 is 0.947 bits per heavy atom. The van der Waals surface area contributed by atoms with Crippen molar-refractivity contribution in [3.05, 3.63) is 70.3 Å². The molecule has 0 aromatic heterocycles. The van der Waals surface area contributed by atoms with Crippen molar-refractivity contribution in [3.8, 4) is 0 Å². The summed E-state index contributed by atoms with van der Waals surface area (Å²) in [6, 6.07) is 14.7. The van der Waals surface area contributed by atoms with Crippen molar-refractivity contribution in [2.45, 2.75) is 39.7 Å². The average Bonchev–Trinajstić information content (AvgIpc) is 2.37. The molecule has 100 valence electrons. The van der Waals surface area contributed by atoms with Crippen LogP contribution in [0.15, 0.2) is 42.5 Å². The molecule has 0 aliphatic carbocycles. The summed E-state index contributed by atoms with van der Waals surface area (Å²) in [5.41, 5.74) is 6.00. The van der Waals surface area contributed by atoms with Gasteiger partial charge in [-0.3, -0.25) is 0 Å². The van der Waals surface area contributed by atoms with Gasteiger partial charge in [-0.1, -0.05) is 60.5 Å². The van der Waals surface area contributed by atoms with Crippen LogP contribution in [0.1, 0.15) is 40.8 Å². The van der Waals surface area contributed by atoms with Crippen molar-refractivity contribution in [2.24, 2.45) is 0 Å². The lowest BCUT2D eigenvalue weighted by Crippen LogP contribution is -2.03. The summed E-state index contributed by atoms with van der Waals surface area (Å²) < 4.78 is 0. The van der Waals surface area contributed by atoms with Gasteiger partial charge in [0.2, 0.25) is 0 Å². The zero-order valence-corrected chi connectivity index (χ0v) is 12.0. The highest BCUT2D eigenvalue weighted by Gasteiger charge is 2.09. The molecule has 0 fully saturated rings. The highest BCUT2D eigenvalue weighted by Crippen LogP contribution is 2.21. The Kier molecular flexibility index (Phi) is 4.39. The van der Waals surface area contributed by atoms with Crippen LogP contribution in [0.4, 0.5) is 0 Å². The molecular weight excluding hydrogens is 232 g/mol. The number of aliphatic hydroxyl groups excluding tert-OH is 1. The molecule has 1 atom stereocenters. The molecule has 0 radical (unpaired) electrons. The monoisotopic (exact) mass is 254 g/mol. The van der Waals surface area contributed by atoms with E-state index < -0.39 is 6.10 Å². The quantitative estimate of drug-likeness (QED) is 0.869. The number of hydrogen-bond acceptors (Lipinski definition) is 1. The van der Waals surface area contributed by atoms with Crippen molar-refractivity contribution < 1.29 is 5.11 Å². The molecule has 2 aromatic rings. The Balaban J connectivity index is 2.17. The Labute approximate surface area is 115 Å². The van der Waals surface area contributed by atoms with Gasteiger partial charge in [0.25, 0.3) is 0 Å². The van der Waals surface area contributed by atoms with E-state index in [9.17, 15) is 5.11 Å². The topological polar surface area (TPSA) is 20.2 Å². The first-order chi connectivity index (χ1) is 9.08. The highest BCUT2D eigenvalue weighted by molar-refractivity contribution is 5.31. The second-order valence-electron chi connectivity index (χ2n) is 5.31. The van der Waals surface area contributed by atoms with Crippen LogP contribution in [0.5, 0.6) is 0 Å². The molecule has 0 aliphatic rings. The minimum atomic E-state index is -0.423. The maximum atomic E-state index is 10.4. The normalized spacial score (nSPS) is 12.4. The number of benzene rings is 2. The zero-order chi connectivity index (χ0) is 13.8. The van der Waals surface area contributed by atoms with E-state index in [0.29, 0.717) is 6.42 Å². The third-order valence-corrected chi connectivity index (χ3v) is 3.45. The first-order valence-corrected chi connectivity index (χ1v) is 6.92. The van der Waals surface area contributed by atoms with Crippen molar-refractivity contribution >= 4 is 0 Å². The van der Waals surface area contributed by atoms with Gasteiger partial charge in [-0.15, -0.1) is 0 Å². The Hall–Kier alpha value is -1.60. The molecule has 1 N–H and O–H groups in total. The van der Waals surface area contributed by atoms with Crippen LogP contribution in [-0.4, -0.2) is 5.11 Å². The SMILES string of the molecule is CCc1cccc(C(O)Cc2cc(C)cc(C)c2)c1. The maximum absolute atomic E-state index is 10.4.